The molecule has 1 aliphatic rings. The molecule has 3 amide bonds. The van der Waals surface area contributed by atoms with Crippen molar-refractivity contribution in [2.24, 2.45) is 0 Å². The Bertz CT molecular complexity index is 1880. The van der Waals surface area contributed by atoms with E-state index in [1.54, 1.807) is 66.7 Å². The number of carbonyl (C=O) groups excluding carboxylic acids is 5. The first kappa shape index (κ1) is 34.8. The molecular weight excluding hydrogens is 648 g/mol. The van der Waals surface area contributed by atoms with E-state index in [2.05, 4.69) is 10.6 Å². The predicted octanol–water partition coefficient (Wildman–Crippen LogP) is 4.04. The molecule has 1 heterocycles. The molecule has 256 valence electrons. The van der Waals surface area contributed by atoms with E-state index in [0.29, 0.717) is 5.56 Å². The molecule has 14 heteroatoms. The standard InChI is InChI=1S/C36H32N4O10/c41-32(21-39-17-18-48-31-16-15-26(40(46)47)19-28(31)35(39)44)37-30(20-33(42)49-22-24-9-3-1-4-10-24)34(43)38-29-14-8-7-13-27(29)36(45)50-23-25-11-5-2-6-12-25/h1-16,19,30H,17-18,20-23H2,(H,37,41)(H,38,43). The smallest absolute Gasteiger partial charge is 0.340 e. The second-order valence-electron chi connectivity index (χ2n) is 11.1. The molecule has 0 saturated heterocycles. The van der Waals surface area contributed by atoms with Gasteiger partial charge in [0.05, 0.1) is 41.2 Å². The van der Waals surface area contributed by atoms with Gasteiger partial charge >= 0.3 is 11.9 Å². The Balaban J connectivity index is 1.30. The van der Waals surface area contributed by atoms with Crippen molar-refractivity contribution in [1.29, 1.82) is 0 Å². The molecule has 0 fully saturated rings. The number of ether oxygens (including phenoxy) is 3. The number of amides is 3. The zero-order valence-electron chi connectivity index (χ0n) is 26.6. The summed E-state index contributed by atoms with van der Waals surface area (Å²) in [6.07, 6.45) is -0.586. The van der Waals surface area contributed by atoms with Crippen molar-refractivity contribution in [1.82, 2.24) is 10.2 Å². The predicted molar refractivity (Wildman–Crippen MR) is 178 cm³/mol. The van der Waals surface area contributed by atoms with Crippen LogP contribution < -0.4 is 15.4 Å². The van der Waals surface area contributed by atoms with Crippen LogP contribution in [0.4, 0.5) is 11.4 Å². The zero-order chi connectivity index (χ0) is 35.5. The summed E-state index contributed by atoms with van der Waals surface area (Å²) in [7, 11) is 0. The minimum absolute atomic E-state index is 0.00326. The molecule has 1 atom stereocenters. The van der Waals surface area contributed by atoms with Gasteiger partial charge in [-0.2, -0.15) is 0 Å². The van der Waals surface area contributed by atoms with Crippen LogP contribution >= 0.6 is 0 Å². The fraction of sp³-hybridized carbons (Fsp3) is 0.194. The van der Waals surface area contributed by atoms with Gasteiger partial charge in [-0.3, -0.25) is 29.3 Å². The van der Waals surface area contributed by atoms with Gasteiger partial charge < -0.3 is 29.7 Å². The number of nitro benzene ring substituents is 1. The monoisotopic (exact) mass is 680 g/mol. The van der Waals surface area contributed by atoms with E-state index >= 15 is 0 Å². The first-order valence-corrected chi connectivity index (χ1v) is 15.5. The maximum absolute atomic E-state index is 13.6. The zero-order valence-corrected chi connectivity index (χ0v) is 26.6. The molecule has 4 aromatic rings. The van der Waals surface area contributed by atoms with E-state index in [1.807, 2.05) is 6.07 Å². The van der Waals surface area contributed by atoms with Gasteiger partial charge in [0.15, 0.2) is 0 Å². The number of para-hydroxylation sites is 1. The van der Waals surface area contributed by atoms with Gasteiger partial charge in [0.25, 0.3) is 11.6 Å². The molecule has 0 spiro atoms. The number of fused-ring (bicyclic) bond motifs is 1. The number of non-ortho nitro benzene ring substituents is 1. The van der Waals surface area contributed by atoms with Crippen LogP contribution in [0, 0.1) is 10.1 Å². The number of nitro groups is 1. The number of anilines is 1. The van der Waals surface area contributed by atoms with E-state index in [9.17, 15) is 34.1 Å². The summed E-state index contributed by atoms with van der Waals surface area (Å²) < 4.78 is 16.3. The molecule has 50 heavy (non-hydrogen) atoms. The second-order valence-corrected chi connectivity index (χ2v) is 11.1. The number of hydrogen-bond donors (Lipinski definition) is 2. The quantitative estimate of drug-likeness (QED) is 0.119. The highest BCUT2D eigenvalue weighted by Crippen LogP contribution is 2.27. The molecule has 2 N–H and O–H groups in total. The molecule has 14 nitrogen and oxygen atoms in total. The van der Waals surface area contributed by atoms with Crippen molar-refractivity contribution in [2.75, 3.05) is 25.0 Å². The molecule has 5 rings (SSSR count). The van der Waals surface area contributed by atoms with Crippen LogP contribution in [0.2, 0.25) is 0 Å². The van der Waals surface area contributed by atoms with E-state index in [1.165, 1.54) is 24.3 Å². The second kappa shape index (κ2) is 16.5. The van der Waals surface area contributed by atoms with E-state index in [0.717, 1.165) is 16.5 Å². The lowest BCUT2D eigenvalue weighted by Gasteiger charge is -2.22. The summed E-state index contributed by atoms with van der Waals surface area (Å²) in [5, 5.41) is 16.4. The van der Waals surface area contributed by atoms with Crippen molar-refractivity contribution in [3.63, 3.8) is 0 Å². The van der Waals surface area contributed by atoms with Crippen molar-refractivity contribution < 1.29 is 43.1 Å². The van der Waals surface area contributed by atoms with Crippen LogP contribution in [-0.4, -0.2) is 65.2 Å². The average Bonchev–Trinajstić information content (AvgIpc) is 3.28. The van der Waals surface area contributed by atoms with Crippen LogP contribution in [-0.2, 0) is 37.1 Å². The Labute approximate surface area is 286 Å². The fourth-order valence-electron chi connectivity index (χ4n) is 4.99. The molecule has 0 aromatic heterocycles. The number of nitrogens with one attached hydrogen (secondary N) is 2. The Morgan fingerprint density at radius 2 is 1.50 bits per heavy atom. The summed E-state index contributed by atoms with van der Waals surface area (Å²) in [6.45, 7) is -0.687. The Morgan fingerprint density at radius 1 is 0.860 bits per heavy atom. The highest BCUT2D eigenvalue weighted by atomic mass is 16.6. The van der Waals surface area contributed by atoms with E-state index < -0.39 is 53.6 Å². The summed E-state index contributed by atoms with van der Waals surface area (Å²) in [4.78, 5) is 77.9. The van der Waals surface area contributed by atoms with Gasteiger partial charge in [-0.1, -0.05) is 72.8 Å². The normalized spacial score (nSPS) is 12.7. The summed E-state index contributed by atoms with van der Waals surface area (Å²) >= 11 is 0. The van der Waals surface area contributed by atoms with Crippen molar-refractivity contribution in [3.8, 4) is 5.75 Å². The lowest BCUT2D eigenvalue weighted by Crippen LogP contribution is -2.49. The minimum Gasteiger partial charge on any atom is -0.491 e. The molecule has 0 aliphatic carbocycles. The van der Waals surface area contributed by atoms with Crippen LogP contribution in [0.25, 0.3) is 0 Å². The first-order chi connectivity index (χ1) is 24.2. The van der Waals surface area contributed by atoms with Crippen molar-refractivity contribution in [3.05, 3.63) is 135 Å². The van der Waals surface area contributed by atoms with Crippen LogP contribution in [0.5, 0.6) is 5.75 Å². The third kappa shape index (κ3) is 9.28. The highest BCUT2D eigenvalue weighted by molar-refractivity contribution is 6.05. The number of benzene rings is 4. The van der Waals surface area contributed by atoms with Crippen LogP contribution in [0.1, 0.15) is 38.3 Å². The maximum Gasteiger partial charge on any atom is 0.340 e. The lowest BCUT2D eigenvalue weighted by atomic mass is 10.1. The SMILES string of the molecule is O=C(CN1CCOc2ccc([N+](=O)[O-])cc2C1=O)NC(CC(=O)OCc1ccccc1)C(=O)Nc1ccccc1C(=O)OCc1ccccc1. The summed E-state index contributed by atoms with van der Waals surface area (Å²) in [5.74, 6) is -3.73. The Hall–Kier alpha value is -6.57. The molecule has 0 radical (unpaired) electrons. The van der Waals surface area contributed by atoms with Crippen molar-refractivity contribution >= 4 is 41.0 Å². The minimum atomic E-state index is -1.49. The number of nitrogens with zero attached hydrogens (tertiary/aromatic N) is 2. The van der Waals surface area contributed by atoms with Crippen LogP contribution in [0.3, 0.4) is 0 Å². The molecule has 0 bridgehead atoms. The topological polar surface area (TPSA) is 183 Å². The Morgan fingerprint density at radius 3 is 2.18 bits per heavy atom. The maximum atomic E-state index is 13.6. The Kier molecular flexibility index (Phi) is 11.5. The third-order valence-corrected chi connectivity index (χ3v) is 7.53. The third-order valence-electron chi connectivity index (χ3n) is 7.53. The van der Waals surface area contributed by atoms with Gasteiger partial charge in [-0.05, 0) is 29.3 Å². The summed E-state index contributed by atoms with van der Waals surface area (Å²) in [5.41, 5.74) is 1.15. The number of hydrogen-bond acceptors (Lipinski definition) is 10. The number of rotatable bonds is 13. The van der Waals surface area contributed by atoms with Gasteiger partial charge in [0.2, 0.25) is 11.8 Å². The van der Waals surface area contributed by atoms with E-state index in [4.69, 9.17) is 14.2 Å². The van der Waals surface area contributed by atoms with Crippen LogP contribution in [0.15, 0.2) is 103 Å². The molecule has 0 saturated carbocycles. The van der Waals surface area contributed by atoms with Gasteiger partial charge in [0.1, 0.15) is 31.6 Å². The molecule has 1 unspecified atom stereocenters. The summed E-state index contributed by atoms with van der Waals surface area (Å²) in [6, 6.07) is 26.1. The number of esters is 2. The van der Waals surface area contributed by atoms with Gasteiger partial charge in [-0.25, -0.2) is 4.79 Å². The van der Waals surface area contributed by atoms with Crippen molar-refractivity contribution in [2.45, 2.75) is 25.7 Å². The lowest BCUT2D eigenvalue weighted by molar-refractivity contribution is -0.384. The van der Waals surface area contributed by atoms with Gasteiger partial charge in [0, 0.05) is 12.1 Å². The largest absolute Gasteiger partial charge is 0.491 e. The van der Waals surface area contributed by atoms with E-state index in [-0.39, 0.29) is 54.6 Å². The number of carbonyl (C=O) groups is 5. The first-order valence-electron chi connectivity index (χ1n) is 15.5. The fourth-order valence-corrected chi connectivity index (χ4v) is 4.99. The average molecular weight is 681 g/mol. The molecule has 1 aliphatic heterocycles. The molecule has 4 aromatic carbocycles. The van der Waals surface area contributed by atoms with Gasteiger partial charge in [-0.15, -0.1) is 0 Å². The highest BCUT2D eigenvalue weighted by Gasteiger charge is 2.30. The molecular formula is C36H32N4O10.